The molecule has 114 valence electrons. The Morgan fingerprint density at radius 3 is 2.71 bits per heavy atom. The molecule has 1 N–H and O–H groups in total. The van der Waals surface area contributed by atoms with Gasteiger partial charge in [-0.05, 0) is 35.7 Å². The number of benzene rings is 1. The summed E-state index contributed by atoms with van der Waals surface area (Å²) < 4.78 is 0. The number of hydrogen-bond donors (Lipinski definition) is 1. The molecule has 2 atom stereocenters. The van der Waals surface area contributed by atoms with Gasteiger partial charge in [-0.15, -0.1) is 0 Å². The quantitative estimate of drug-likeness (QED) is 0.682. The van der Waals surface area contributed by atoms with Crippen LogP contribution in [0.4, 0.5) is 0 Å². The van der Waals surface area contributed by atoms with E-state index >= 15 is 0 Å². The first-order valence-electron chi connectivity index (χ1n) is 8.09. The number of rotatable bonds is 3. The second kappa shape index (κ2) is 5.70. The molecule has 1 saturated carbocycles. The van der Waals surface area contributed by atoms with Crippen molar-refractivity contribution in [1.29, 1.82) is 0 Å². The van der Waals surface area contributed by atoms with Crippen LogP contribution in [0.2, 0.25) is 0 Å². The fraction of sp³-hybridized carbons (Fsp3) is 0.611. The molecular formula is C18H27N3. The third-order valence-corrected chi connectivity index (χ3v) is 4.86. The SMILES string of the molecule is CN=C(NCC1CC1c1ccccc1)N1CCC(C)(C)C1. The smallest absolute Gasteiger partial charge is 0.193 e. The van der Waals surface area contributed by atoms with Crippen LogP contribution in [0.25, 0.3) is 0 Å². The molecule has 1 saturated heterocycles. The lowest BCUT2D eigenvalue weighted by atomic mass is 9.93. The molecule has 1 aromatic carbocycles. The Balaban J connectivity index is 1.49. The van der Waals surface area contributed by atoms with E-state index in [0.717, 1.165) is 37.4 Å². The molecule has 0 amide bonds. The van der Waals surface area contributed by atoms with Crippen LogP contribution in [0.3, 0.4) is 0 Å². The lowest BCUT2D eigenvalue weighted by molar-refractivity contribution is 0.370. The molecule has 2 aliphatic rings. The van der Waals surface area contributed by atoms with Crippen molar-refractivity contribution < 1.29 is 0 Å². The highest BCUT2D eigenvalue weighted by Crippen LogP contribution is 2.46. The average molecular weight is 285 g/mol. The van der Waals surface area contributed by atoms with E-state index in [-0.39, 0.29) is 0 Å². The van der Waals surface area contributed by atoms with Crippen LogP contribution >= 0.6 is 0 Å². The van der Waals surface area contributed by atoms with Gasteiger partial charge in [0.05, 0.1) is 0 Å². The molecule has 1 aliphatic carbocycles. The summed E-state index contributed by atoms with van der Waals surface area (Å²) in [4.78, 5) is 6.87. The molecule has 0 spiro atoms. The summed E-state index contributed by atoms with van der Waals surface area (Å²) in [5, 5.41) is 3.59. The summed E-state index contributed by atoms with van der Waals surface area (Å²) in [5.41, 5.74) is 1.91. The van der Waals surface area contributed by atoms with Gasteiger partial charge in [0, 0.05) is 26.7 Å². The molecule has 1 aromatic rings. The van der Waals surface area contributed by atoms with Crippen molar-refractivity contribution in [3.05, 3.63) is 35.9 Å². The summed E-state index contributed by atoms with van der Waals surface area (Å²) in [7, 11) is 1.90. The van der Waals surface area contributed by atoms with Crippen LogP contribution in [-0.2, 0) is 0 Å². The predicted molar refractivity (Wildman–Crippen MR) is 88.6 cm³/mol. The summed E-state index contributed by atoms with van der Waals surface area (Å²) >= 11 is 0. The van der Waals surface area contributed by atoms with Gasteiger partial charge in [-0.2, -0.15) is 0 Å². The third kappa shape index (κ3) is 3.39. The molecule has 2 fully saturated rings. The number of guanidine groups is 1. The van der Waals surface area contributed by atoms with Crippen molar-refractivity contribution in [2.24, 2.45) is 16.3 Å². The number of likely N-dealkylation sites (tertiary alicyclic amines) is 1. The summed E-state index contributed by atoms with van der Waals surface area (Å²) in [6.07, 6.45) is 2.56. The van der Waals surface area contributed by atoms with Gasteiger partial charge in [0.25, 0.3) is 0 Å². The van der Waals surface area contributed by atoms with Crippen molar-refractivity contribution in [3.63, 3.8) is 0 Å². The molecular weight excluding hydrogens is 258 g/mol. The normalized spacial score (nSPS) is 27.8. The van der Waals surface area contributed by atoms with Crippen LogP contribution < -0.4 is 5.32 Å². The average Bonchev–Trinajstić information content (AvgIpc) is 3.17. The number of nitrogens with zero attached hydrogens (tertiary/aromatic N) is 2. The minimum atomic E-state index is 0.420. The van der Waals surface area contributed by atoms with Crippen LogP contribution in [-0.4, -0.2) is 37.5 Å². The lowest BCUT2D eigenvalue weighted by Crippen LogP contribution is -2.41. The van der Waals surface area contributed by atoms with Crippen molar-refractivity contribution in [2.45, 2.75) is 32.6 Å². The highest BCUT2D eigenvalue weighted by atomic mass is 15.3. The maximum Gasteiger partial charge on any atom is 0.193 e. The lowest BCUT2D eigenvalue weighted by Gasteiger charge is -2.23. The summed E-state index contributed by atoms with van der Waals surface area (Å²) in [5.74, 6) is 2.59. The minimum absolute atomic E-state index is 0.420. The molecule has 21 heavy (non-hydrogen) atoms. The molecule has 3 nitrogen and oxygen atoms in total. The van der Waals surface area contributed by atoms with E-state index in [4.69, 9.17) is 0 Å². The Bertz CT molecular complexity index is 506. The van der Waals surface area contributed by atoms with Crippen molar-refractivity contribution in [1.82, 2.24) is 10.2 Å². The van der Waals surface area contributed by atoms with Gasteiger partial charge >= 0.3 is 0 Å². The largest absolute Gasteiger partial charge is 0.356 e. The number of aliphatic imine (C=N–C) groups is 1. The van der Waals surface area contributed by atoms with Gasteiger partial charge in [0.1, 0.15) is 0 Å². The van der Waals surface area contributed by atoms with Crippen molar-refractivity contribution in [2.75, 3.05) is 26.7 Å². The monoisotopic (exact) mass is 285 g/mol. The second-order valence-electron chi connectivity index (χ2n) is 7.28. The molecule has 0 bridgehead atoms. The van der Waals surface area contributed by atoms with Crippen molar-refractivity contribution >= 4 is 5.96 Å². The fourth-order valence-electron chi connectivity index (χ4n) is 3.43. The number of hydrogen-bond acceptors (Lipinski definition) is 1. The van der Waals surface area contributed by atoms with Gasteiger partial charge in [0.15, 0.2) is 5.96 Å². The van der Waals surface area contributed by atoms with E-state index in [1.807, 2.05) is 7.05 Å². The van der Waals surface area contributed by atoms with Gasteiger partial charge in [0.2, 0.25) is 0 Å². The third-order valence-electron chi connectivity index (χ3n) is 4.86. The Hall–Kier alpha value is -1.51. The predicted octanol–water partition coefficient (Wildman–Crippen LogP) is 3.10. The highest BCUT2D eigenvalue weighted by Gasteiger charge is 2.38. The Morgan fingerprint density at radius 2 is 2.10 bits per heavy atom. The van der Waals surface area contributed by atoms with Gasteiger partial charge in [-0.1, -0.05) is 44.2 Å². The molecule has 2 unspecified atom stereocenters. The van der Waals surface area contributed by atoms with E-state index in [9.17, 15) is 0 Å². The zero-order valence-electron chi connectivity index (χ0n) is 13.5. The standard InChI is InChI=1S/C18H27N3/c1-18(2)9-10-21(13-18)17(19-3)20-12-15-11-16(15)14-7-5-4-6-8-14/h4-8,15-16H,9-13H2,1-3H3,(H,19,20). The van der Waals surface area contributed by atoms with Crippen LogP contribution in [0.15, 0.2) is 35.3 Å². The molecule has 3 rings (SSSR count). The highest BCUT2D eigenvalue weighted by molar-refractivity contribution is 5.80. The van der Waals surface area contributed by atoms with Crippen molar-refractivity contribution in [3.8, 4) is 0 Å². The Labute approximate surface area is 128 Å². The van der Waals surface area contributed by atoms with E-state index in [1.54, 1.807) is 0 Å². The zero-order valence-corrected chi connectivity index (χ0v) is 13.5. The summed E-state index contributed by atoms with van der Waals surface area (Å²) in [6.45, 7) is 7.96. The van der Waals surface area contributed by atoms with Gasteiger partial charge in [-0.3, -0.25) is 4.99 Å². The maximum atomic E-state index is 4.46. The topological polar surface area (TPSA) is 27.6 Å². The van der Waals surface area contributed by atoms with Gasteiger partial charge < -0.3 is 10.2 Å². The Kier molecular flexibility index (Phi) is 3.92. The zero-order chi connectivity index (χ0) is 14.9. The molecule has 1 heterocycles. The number of nitrogens with one attached hydrogen (secondary N) is 1. The first-order chi connectivity index (χ1) is 10.1. The van der Waals surface area contributed by atoms with Crippen LogP contribution in [0.5, 0.6) is 0 Å². The van der Waals surface area contributed by atoms with E-state index in [2.05, 4.69) is 59.4 Å². The first-order valence-corrected chi connectivity index (χ1v) is 8.09. The summed E-state index contributed by atoms with van der Waals surface area (Å²) in [6, 6.07) is 10.9. The minimum Gasteiger partial charge on any atom is -0.356 e. The first kappa shape index (κ1) is 14.4. The fourth-order valence-corrected chi connectivity index (χ4v) is 3.43. The van der Waals surface area contributed by atoms with E-state index in [0.29, 0.717) is 5.41 Å². The molecule has 0 radical (unpaired) electrons. The molecule has 3 heteroatoms. The molecule has 0 aromatic heterocycles. The van der Waals surface area contributed by atoms with Crippen LogP contribution in [0.1, 0.15) is 38.2 Å². The van der Waals surface area contributed by atoms with Gasteiger partial charge in [-0.25, -0.2) is 0 Å². The maximum absolute atomic E-state index is 4.46. The van der Waals surface area contributed by atoms with E-state index in [1.165, 1.54) is 18.4 Å². The van der Waals surface area contributed by atoms with Crippen LogP contribution in [0, 0.1) is 11.3 Å². The Morgan fingerprint density at radius 1 is 1.33 bits per heavy atom. The molecule has 1 aliphatic heterocycles. The second-order valence-corrected chi connectivity index (χ2v) is 7.28. The van der Waals surface area contributed by atoms with E-state index < -0.39 is 0 Å².